The molecule has 1 aromatic heterocycles. The van der Waals surface area contributed by atoms with E-state index in [1.54, 1.807) is 35.4 Å². The maximum atomic E-state index is 13.2. The van der Waals surface area contributed by atoms with Crippen molar-refractivity contribution in [3.63, 3.8) is 0 Å². The number of halogens is 1. The number of fused-ring (bicyclic) bond motifs is 1. The predicted octanol–water partition coefficient (Wildman–Crippen LogP) is 5.80. The number of anilines is 3. The van der Waals surface area contributed by atoms with Gasteiger partial charge in [-0.15, -0.1) is 11.6 Å². The smallest absolute Gasteiger partial charge is 0.411 e. The Bertz CT molecular complexity index is 1480. The molecule has 0 fully saturated rings. The highest BCUT2D eigenvalue weighted by molar-refractivity contribution is 6.18. The van der Waals surface area contributed by atoms with Gasteiger partial charge in [0.05, 0.1) is 10.6 Å². The number of hydrogen-bond donors (Lipinski definition) is 2. The molecule has 0 saturated heterocycles. The van der Waals surface area contributed by atoms with E-state index in [1.807, 2.05) is 24.6 Å². The fourth-order valence-corrected chi connectivity index (χ4v) is 4.75. The van der Waals surface area contributed by atoms with E-state index >= 15 is 0 Å². The van der Waals surface area contributed by atoms with Crippen LogP contribution >= 0.6 is 11.6 Å². The summed E-state index contributed by atoms with van der Waals surface area (Å²) in [7, 11) is 1.83. The molecular formula is C29H30ClN5O6. The maximum Gasteiger partial charge on any atom is 0.411 e. The standard InChI is InChI=1S/C29H30ClN5O6/c1-3-4-27(36)31-22-13-24(33(2)17-22)10-12-28(37)34-16-20(15-30)25-11-7-21(14-26(25)34)32-29(38)41-18-19-5-8-23(9-6-19)35(39)40/h5-14,17,20H,3-4,15-16,18H2,1-2H3,(H,31,36)(H,32,38). The lowest BCUT2D eigenvalue weighted by Gasteiger charge is -2.16. The molecule has 1 aliphatic rings. The number of rotatable bonds is 10. The van der Waals surface area contributed by atoms with Gasteiger partial charge in [0, 0.05) is 73.3 Å². The van der Waals surface area contributed by atoms with E-state index < -0.39 is 11.0 Å². The summed E-state index contributed by atoms with van der Waals surface area (Å²) in [6.07, 6.45) is 5.41. The third kappa shape index (κ3) is 7.31. The first-order valence-electron chi connectivity index (χ1n) is 13.0. The van der Waals surface area contributed by atoms with E-state index in [2.05, 4.69) is 10.6 Å². The van der Waals surface area contributed by atoms with Crippen molar-refractivity contribution in [2.75, 3.05) is 28.0 Å². The molecule has 0 bridgehead atoms. The average molecular weight is 580 g/mol. The van der Waals surface area contributed by atoms with Crippen molar-refractivity contribution in [1.29, 1.82) is 0 Å². The molecular weight excluding hydrogens is 550 g/mol. The topological polar surface area (TPSA) is 136 Å². The summed E-state index contributed by atoms with van der Waals surface area (Å²) in [6.45, 7) is 2.26. The van der Waals surface area contributed by atoms with Gasteiger partial charge in [0.2, 0.25) is 5.91 Å². The largest absolute Gasteiger partial charge is 0.444 e. The quantitative estimate of drug-likeness (QED) is 0.135. The van der Waals surface area contributed by atoms with Crippen molar-refractivity contribution in [2.45, 2.75) is 32.3 Å². The van der Waals surface area contributed by atoms with Crippen molar-refractivity contribution in [2.24, 2.45) is 7.05 Å². The zero-order valence-corrected chi connectivity index (χ0v) is 23.4. The SMILES string of the molecule is CCCC(=O)Nc1cc(C=CC(=O)N2CC(CCl)c3ccc(NC(=O)OCc4ccc([N+](=O)[O-])cc4)cc32)n(C)c1. The highest BCUT2D eigenvalue weighted by atomic mass is 35.5. The summed E-state index contributed by atoms with van der Waals surface area (Å²) in [5.74, 6) is -0.0642. The van der Waals surface area contributed by atoms with Crippen molar-refractivity contribution in [3.8, 4) is 0 Å². The minimum atomic E-state index is -0.710. The second-order valence-corrected chi connectivity index (χ2v) is 9.90. The van der Waals surface area contributed by atoms with Crippen molar-refractivity contribution in [3.05, 3.63) is 87.7 Å². The molecule has 2 heterocycles. The number of amides is 3. The van der Waals surface area contributed by atoms with Crippen LogP contribution in [0.2, 0.25) is 0 Å². The minimum absolute atomic E-state index is 0.0511. The molecule has 0 saturated carbocycles. The fourth-order valence-electron chi connectivity index (χ4n) is 4.49. The first kappa shape index (κ1) is 29.3. The van der Waals surface area contributed by atoms with Crippen LogP contribution in [0.25, 0.3) is 6.08 Å². The number of benzene rings is 2. The Balaban J connectivity index is 1.42. The van der Waals surface area contributed by atoms with Crippen molar-refractivity contribution < 1.29 is 24.0 Å². The molecule has 2 aromatic carbocycles. The first-order chi connectivity index (χ1) is 19.7. The van der Waals surface area contributed by atoms with Crippen LogP contribution < -0.4 is 15.5 Å². The highest BCUT2D eigenvalue weighted by Crippen LogP contribution is 2.39. The molecule has 4 rings (SSSR count). The van der Waals surface area contributed by atoms with Gasteiger partial charge in [-0.05, 0) is 54.0 Å². The lowest BCUT2D eigenvalue weighted by atomic mass is 10.0. The normalized spacial score (nSPS) is 14.1. The summed E-state index contributed by atoms with van der Waals surface area (Å²) in [6, 6.07) is 12.7. The van der Waals surface area contributed by atoms with Gasteiger partial charge < -0.3 is 19.5 Å². The molecule has 214 valence electrons. The van der Waals surface area contributed by atoms with Gasteiger partial charge in [-0.25, -0.2) is 4.79 Å². The van der Waals surface area contributed by atoms with E-state index in [4.69, 9.17) is 16.3 Å². The Labute approximate surface area is 241 Å². The third-order valence-electron chi connectivity index (χ3n) is 6.58. The van der Waals surface area contributed by atoms with E-state index in [0.717, 1.165) is 17.7 Å². The Hall–Kier alpha value is -4.64. The molecule has 41 heavy (non-hydrogen) atoms. The predicted molar refractivity (Wildman–Crippen MR) is 157 cm³/mol. The van der Waals surface area contributed by atoms with E-state index in [-0.39, 0.29) is 30.0 Å². The van der Waals surface area contributed by atoms with E-state index in [0.29, 0.717) is 41.5 Å². The molecule has 11 nitrogen and oxygen atoms in total. The molecule has 0 spiro atoms. The Kier molecular flexibility index (Phi) is 9.41. The molecule has 0 radical (unpaired) electrons. The Morgan fingerprint density at radius 3 is 2.56 bits per heavy atom. The van der Waals surface area contributed by atoms with Crippen LogP contribution in [0.3, 0.4) is 0 Å². The van der Waals surface area contributed by atoms with Crippen LogP contribution in [0.5, 0.6) is 0 Å². The van der Waals surface area contributed by atoms with Gasteiger partial charge in [0.15, 0.2) is 0 Å². The lowest BCUT2D eigenvalue weighted by Crippen LogP contribution is -2.28. The van der Waals surface area contributed by atoms with Gasteiger partial charge >= 0.3 is 6.09 Å². The third-order valence-corrected chi connectivity index (χ3v) is 6.95. The lowest BCUT2D eigenvalue weighted by molar-refractivity contribution is -0.384. The average Bonchev–Trinajstić information content (AvgIpc) is 3.49. The van der Waals surface area contributed by atoms with Crippen molar-refractivity contribution >= 4 is 58.3 Å². The number of nitrogens with zero attached hydrogens (tertiary/aromatic N) is 3. The molecule has 1 unspecified atom stereocenters. The number of carbonyl (C=O) groups excluding carboxylic acids is 3. The zero-order chi connectivity index (χ0) is 29.5. The number of alkyl halides is 1. The number of aromatic nitrogens is 1. The summed E-state index contributed by atoms with van der Waals surface area (Å²) >= 11 is 6.20. The number of nitrogens with one attached hydrogen (secondary N) is 2. The maximum absolute atomic E-state index is 13.2. The van der Waals surface area contributed by atoms with Gasteiger partial charge in [-0.1, -0.05) is 13.0 Å². The summed E-state index contributed by atoms with van der Waals surface area (Å²) in [4.78, 5) is 49.5. The van der Waals surface area contributed by atoms with Crippen molar-refractivity contribution in [1.82, 2.24) is 4.57 Å². The second kappa shape index (κ2) is 13.1. The van der Waals surface area contributed by atoms with Gasteiger partial charge in [0.1, 0.15) is 6.61 Å². The fraction of sp³-hybridized carbons (Fsp3) is 0.276. The van der Waals surface area contributed by atoms with Crippen LogP contribution in [-0.4, -0.2) is 39.8 Å². The first-order valence-corrected chi connectivity index (χ1v) is 13.5. The second-order valence-electron chi connectivity index (χ2n) is 9.59. The monoisotopic (exact) mass is 579 g/mol. The van der Waals surface area contributed by atoms with E-state index in [9.17, 15) is 24.5 Å². The summed E-state index contributed by atoms with van der Waals surface area (Å²) in [5, 5.41) is 16.3. The van der Waals surface area contributed by atoms with E-state index in [1.165, 1.54) is 30.3 Å². The van der Waals surface area contributed by atoms with Crippen LogP contribution in [0.4, 0.5) is 27.5 Å². The highest BCUT2D eigenvalue weighted by Gasteiger charge is 2.31. The summed E-state index contributed by atoms with van der Waals surface area (Å²) < 4.78 is 7.06. The number of carbonyl (C=O) groups is 3. The number of aryl methyl sites for hydroxylation is 1. The number of non-ortho nitro benzene ring substituents is 1. The summed E-state index contributed by atoms with van der Waals surface area (Å²) in [5.41, 5.74) is 3.91. The van der Waals surface area contributed by atoms with Crippen LogP contribution in [0.1, 0.15) is 42.5 Å². The molecule has 12 heteroatoms. The molecule has 0 aliphatic carbocycles. The van der Waals surface area contributed by atoms with Gasteiger partial charge in [-0.3, -0.25) is 25.0 Å². The molecule has 2 N–H and O–H groups in total. The van der Waals surface area contributed by atoms with Crippen LogP contribution in [-0.2, 0) is 28.0 Å². The Morgan fingerprint density at radius 1 is 1.12 bits per heavy atom. The van der Waals surface area contributed by atoms with Crippen LogP contribution in [0, 0.1) is 10.1 Å². The Morgan fingerprint density at radius 2 is 1.88 bits per heavy atom. The molecule has 1 aliphatic heterocycles. The molecule has 3 aromatic rings. The number of nitro groups is 1. The van der Waals surface area contributed by atoms with Crippen LogP contribution in [0.15, 0.2) is 60.8 Å². The zero-order valence-electron chi connectivity index (χ0n) is 22.6. The minimum Gasteiger partial charge on any atom is -0.444 e. The molecule has 1 atom stereocenters. The molecule has 3 amide bonds. The number of hydrogen-bond acceptors (Lipinski definition) is 6. The number of ether oxygens (including phenoxy) is 1. The van der Waals surface area contributed by atoms with Gasteiger partial charge in [0.25, 0.3) is 11.6 Å². The van der Waals surface area contributed by atoms with Gasteiger partial charge in [-0.2, -0.15) is 0 Å². The number of nitro benzene ring substituents is 1.